The molecule has 86 valence electrons. The molecule has 0 aromatic heterocycles. The Morgan fingerprint density at radius 2 is 2.12 bits per heavy atom. The van der Waals surface area contributed by atoms with Crippen molar-refractivity contribution in [2.75, 3.05) is 18.6 Å². The molecule has 1 unspecified atom stereocenters. The molecular formula is C12H14BrNOS. The van der Waals surface area contributed by atoms with Crippen molar-refractivity contribution in [2.45, 2.75) is 12.5 Å². The van der Waals surface area contributed by atoms with Crippen molar-refractivity contribution < 1.29 is 4.79 Å². The Morgan fingerprint density at radius 1 is 1.44 bits per heavy atom. The van der Waals surface area contributed by atoms with E-state index in [9.17, 15) is 4.79 Å². The summed E-state index contributed by atoms with van der Waals surface area (Å²) in [6.45, 7) is 0. The fourth-order valence-electron chi connectivity index (χ4n) is 1.79. The summed E-state index contributed by atoms with van der Waals surface area (Å²) in [4.78, 5) is 14.0. The molecule has 16 heavy (non-hydrogen) atoms. The van der Waals surface area contributed by atoms with Gasteiger partial charge in [0.25, 0.3) is 5.91 Å². The first-order valence-corrected chi connectivity index (χ1v) is 7.24. The van der Waals surface area contributed by atoms with E-state index < -0.39 is 0 Å². The Hall–Kier alpha value is -0.480. The van der Waals surface area contributed by atoms with Crippen LogP contribution in [0.2, 0.25) is 0 Å². The number of amides is 1. The van der Waals surface area contributed by atoms with Gasteiger partial charge in [-0.1, -0.05) is 15.9 Å². The van der Waals surface area contributed by atoms with E-state index in [-0.39, 0.29) is 5.91 Å². The highest BCUT2D eigenvalue weighted by Gasteiger charge is 2.24. The minimum atomic E-state index is 0.125. The maximum atomic E-state index is 12.1. The molecular weight excluding hydrogens is 286 g/mol. The average Bonchev–Trinajstić information content (AvgIpc) is 2.81. The van der Waals surface area contributed by atoms with Crippen molar-refractivity contribution in [3.05, 3.63) is 34.3 Å². The van der Waals surface area contributed by atoms with Crippen molar-refractivity contribution >= 4 is 33.6 Å². The minimum absolute atomic E-state index is 0.125. The van der Waals surface area contributed by atoms with Gasteiger partial charge in [-0.3, -0.25) is 4.79 Å². The van der Waals surface area contributed by atoms with E-state index >= 15 is 0 Å². The molecule has 0 N–H and O–H groups in total. The molecule has 2 rings (SSSR count). The lowest BCUT2D eigenvalue weighted by Crippen LogP contribution is -2.36. The lowest BCUT2D eigenvalue weighted by molar-refractivity contribution is 0.0748. The van der Waals surface area contributed by atoms with E-state index in [1.54, 1.807) is 0 Å². The van der Waals surface area contributed by atoms with Crippen LogP contribution < -0.4 is 0 Å². The average molecular weight is 300 g/mol. The second kappa shape index (κ2) is 5.23. The summed E-state index contributed by atoms with van der Waals surface area (Å²) in [6, 6.07) is 7.95. The molecule has 0 saturated carbocycles. The second-order valence-corrected chi connectivity index (χ2v) is 6.01. The minimum Gasteiger partial charge on any atom is -0.338 e. The Morgan fingerprint density at radius 3 is 2.69 bits per heavy atom. The predicted octanol–water partition coefficient (Wildman–Crippen LogP) is 3.03. The summed E-state index contributed by atoms with van der Waals surface area (Å²) >= 11 is 5.29. The zero-order chi connectivity index (χ0) is 11.5. The van der Waals surface area contributed by atoms with Gasteiger partial charge < -0.3 is 4.90 Å². The van der Waals surface area contributed by atoms with Crippen LogP contribution in [0.5, 0.6) is 0 Å². The maximum absolute atomic E-state index is 12.1. The molecule has 0 radical (unpaired) electrons. The van der Waals surface area contributed by atoms with Gasteiger partial charge in [-0.2, -0.15) is 11.8 Å². The standard InChI is InChI=1S/C12H14BrNOS/c1-14(11-6-7-16-8-11)12(15)9-2-4-10(13)5-3-9/h2-5,11H,6-8H2,1H3. The molecule has 1 aromatic rings. The molecule has 0 bridgehead atoms. The molecule has 2 nitrogen and oxygen atoms in total. The Bertz CT molecular complexity index is 373. The summed E-state index contributed by atoms with van der Waals surface area (Å²) in [6.07, 6.45) is 1.11. The molecule has 1 aliphatic rings. The normalized spacial score (nSPS) is 19.8. The van der Waals surface area contributed by atoms with Crippen molar-refractivity contribution in [3.8, 4) is 0 Å². The number of nitrogens with zero attached hydrogens (tertiary/aromatic N) is 1. The zero-order valence-electron chi connectivity index (χ0n) is 9.15. The molecule has 1 heterocycles. The number of thioether (sulfide) groups is 1. The first-order valence-electron chi connectivity index (χ1n) is 5.29. The van der Waals surface area contributed by atoms with Crippen LogP contribution in [0, 0.1) is 0 Å². The van der Waals surface area contributed by atoms with Gasteiger partial charge in [0.2, 0.25) is 0 Å². The highest BCUT2D eigenvalue weighted by Crippen LogP contribution is 2.22. The van der Waals surface area contributed by atoms with Gasteiger partial charge in [0, 0.05) is 28.9 Å². The van der Waals surface area contributed by atoms with E-state index in [1.165, 1.54) is 5.75 Å². The third-order valence-electron chi connectivity index (χ3n) is 2.86. The van der Waals surface area contributed by atoms with Crippen molar-refractivity contribution in [1.82, 2.24) is 4.90 Å². The fraction of sp³-hybridized carbons (Fsp3) is 0.417. The molecule has 1 atom stereocenters. The molecule has 0 spiro atoms. The molecule has 4 heteroatoms. The SMILES string of the molecule is CN(C(=O)c1ccc(Br)cc1)C1CCSC1. The largest absolute Gasteiger partial charge is 0.338 e. The number of hydrogen-bond acceptors (Lipinski definition) is 2. The van der Waals surface area contributed by atoms with E-state index in [1.807, 2.05) is 48.0 Å². The summed E-state index contributed by atoms with van der Waals surface area (Å²) in [7, 11) is 1.90. The lowest BCUT2D eigenvalue weighted by Gasteiger charge is -2.23. The van der Waals surface area contributed by atoms with Gasteiger partial charge in [0.05, 0.1) is 0 Å². The maximum Gasteiger partial charge on any atom is 0.253 e. The third kappa shape index (κ3) is 2.61. The second-order valence-electron chi connectivity index (χ2n) is 3.94. The molecule has 1 amide bonds. The first kappa shape index (κ1) is 12.0. The van der Waals surface area contributed by atoms with Crippen LogP contribution in [-0.4, -0.2) is 35.4 Å². The Labute approximate surface area is 109 Å². The highest BCUT2D eigenvalue weighted by atomic mass is 79.9. The summed E-state index contributed by atoms with van der Waals surface area (Å²) in [5, 5.41) is 0. The van der Waals surface area contributed by atoms with Gasteiger partial charge in [-0.25, -0.2) is 0 Å². The number of benzene rings is 1. The molecule has 1 fully saturated rings. The van der Waals surface area contributed by atoms with E-state index in [4.69, 9.17) is 0 Å². The van der Waals surface area contributed by atoms with E-state index in [0.29, 0.717) is 6.04 Å². The Kier molecular flexibility index (Phi) is 3.92. The van der Waals surface area contributed by atoms with Crippen LogP contribution in [0.4, 0.5) is 0 Å². The van der Waals surface area contributed by atoms with Gasteiger partial charge in [-0.05, 0) is 36.4 Å². The van der Waals surface area contributed by atoms with Crippen molar-refractivity contribution in [3.63, 3.8) is 0 Å². The number of hydrogen-bond donors (Lipinski definition) is 0. The van der Waals surface area contributed by atoms with Crippen molar-refractivity contribution in [2.24, 2.45) is 0 Å². The van der Waals surface area contributed by atoms with Crippen LogP contribution in [0.3, 0.4) is 0 Å². The van der Waals surface area contributed by atoms with Gasteiger partial charge in [0.1, 0.15) is 0 Å². The number of carbonyl (C=O) groups is 1. The van der Waals surface area contributed by atoms with Gasteiger partial charge in [0.15, 0.2) is 0 Å². The summed E-state index contributed by atoms with van der Waals surface area (Å²) in [5.74, 6) is 2.36. The number of carbonyl (C=O) groups excluding carboxylic acids is 1. The summed E-state index contributed by atoms with van der Waals surface area (Å²) in [5.41, 5.74) is 0.766. The van der Waals surface area contributed by atoms with Crippen LogP contribution in [0.15, 0.2) is 28.7 Å². The smallest absolute Gasteiger partial charge is 0.253 e. The van der Waals surface area contributed by atoms with Crippen molar-refractivity contribution in [1.29, 1.82) is 0 Å². The Balaban J connectivity index is 2.08. The van der Waals surface area contributed by atoms with Gasteiger partial charge in [-0.15, -0.1) is 0 Å². The number of rotatable bonds is 2. The van der Waals surface area contributed by atoms with Crippen LogP contribution in [-0.2, 0) is 0 Å². The van der Waals surface area contributed by atoms with Crippen LogP contribution in [0.1, 0.15) is 16.8 Å². The molecule has 1 saturated heterocycles. The van der Waals surface area contributed by atoms with E-state index in [2.05, 4.69) is 15.9 Å². The predicted molar refractivity (Wildman–Crippen MR) is 72.0 cm³/mol. The van der Waals surface area contributed by atoms with Crippen LogP contribution in [0.25, 0.3) is 0 Å². The zero-order valence-corrected chi connectivity index (χ0v) is 11.6. The number of halogens is 1. The monoisotopic (exact) mass is 299 g/mol. The lowest BCUT2D eigenvalue weighted by atomic mass is 10.1. The molecule has 0 aliphatic carbocycles. The summed E-state index contributed by atoms with van der Waals surface area (Å²) < 4.78 is 1.00. The first-order chi connectivity index (χ1) is 7.68. The third-order valence-corrected chi connectivity index (χ3v) is 4.54. The van der Waals surface area contributed by atoms with Crippen LogP contribution >= 0.6 is 27.7 Å². The molecule has 1 aromatic carbocycles. The highest BCUT2D eigenvalue weighted by molar-refractivity contribution is 9.10. The van der Waals surface area contributed by atoms with E-state index in [0.717, 1.165) is 22.2 Å². The quantitative estimate of drug-likeness (QED) is 0.837. The molecule has 1 aliphatic heterocycles. The van der Waals surface area contributed by atoms with Gasteiger partial charge >= 0.3 is 0 Å². The topological polar surface area (TPSA) is 20.3 Å². The fourth-order valence-corrected chi connectivity index (χ4v) is 3.32.